The molecule has 1 saturated heterocycles. The number of ether oxygens (including phenoxy) is 1. The molecule has 1 N–H and O–H groups in total. The zero-order chi connectivity index (χ0) is 14.8. The number of amides is 1. The first-order valence-corrected chi connectivity index (χ1v) is 6.98. The third-order valence-corrected chi connectivity index (χ3v) is 3.55. The third kappa shape index (κ3) is 2.97. The highest BCUT2D eigenvalue weighted by molar-refractivity contribution is 5.92. The number of hydrogen-bond donors (Lipinski definition) is 1. The van der Waals surface area contributed by atoms with Crippen molar-refractivity contribution in [3.8, 4) is 0 Å². The highest BCUT2D eigenvalue weighted by Gasteiger charge is 2.30. The topological polar surface area (TPSA) is 82.2 Å². The number of nitrogens with one attached hydrogen (secondary N) is 1. The summed E-state index contributed by atoms with van der Waals surface area (Å²) in [5.41, 5.74) is 1.27. The molecule has 0 aromatic carbocycles. The Morgan fingerprint density at radius 3 is 3.05 bits per heavy atom. The first kappa shape index (κ1) is 13.8. The van der Waals surface area contributed by atoms with E-state index in [0.29, 0.717) is 18.1 Å². The van der Waals surface area contributed by atoms with Gasteiger partial charge in [-0.3, -0.25) is 9.48 Å². The minimum Gasteiger partial charge on any atom is -0.371 e. The van der Waals surface area contributed by atoms with E-state index >= 15 is 0 Å². The second-order valence-corrected chi connectivity index (χ2v) is 5.28. The van der Waals surface area contributed by atoms with Gasteiger partial charge in [0.05, 0.1) is 12.2 Å². The summed E-state index contributed by atoms with van der Waals surface area (Å²) < 4.78 is 12.5. The third-order valence-electron chi connectivity index (χ3n) is 3.55. The molecule has 0 saturated carbocycles. The maximum atomic E-state index is 12.2. The standard InChI is InChI=1S/C14H18N4O3/c1-9-6-12(17-21-9)14(19)16-11-4-3-5-20-13(11)10-7-15-18(2)8-10/h6-8,11,13H,3-5H2,1-2H3,(H,16,19)/t11-,13+/m0/s1. The number of carbonyl (C=O) groups excluding carboxylic acids is 1. The van der Waals surface area contributed by atoms with Gasteiger partial charge in [-0.05, 0) is 19.8 Å². The van der Waals surface area contributed by atoms with Crippen LogP contribution >= 0.6 is 0 Å². The van der Waals surface area contributed by atoms with Crippen molar-refractivity contribution in [1.29, 1.82) is 0 Å². The molecular formula is C14H18N4O3. The monoisotopic (exact) mass is 290 g/mol. The van der Waals surface area contributed by atoms with Gasteiger partial charge < -0.3 is 14.6 Å². The van der Waals surface area contributed by atoms with Gasteiger partial charge in [0.2, 0.25) is 0 Å². The SMILES string of the molecule is Cc1cc(C(=O)N[C@H]2CCCO[C@@H]2c2cnn(C)c2)no1. The van der Waals surface area contributed by atoms with Crippen LogP contribution in [0.1, 0.15) is 40.8 Å². The molecule has 1 fully saturated rings. The highest BCUT2D eigenvalue weighted by atomic mass is 16.5. The molecule has 112 valence electrons. The molecule has 21 heavy (non-hydrogen) atoms. The van der Waals surface area contributed by atoms with E-state index in [4.69, 9.17) is 9.26 Å². The van der Waals surface area contributed by atoms with Crippen LogP contribution in [0.5, 0.6) is 0 Å². The first-order chi connectivity index (χ1) is 10.1. The van der Waals surface area contributed by atoms with Gasteiger partial charge in [0.1, 0.15) is 11.9 Å². The lowest BCUT2D eigenvalue weighted by Gasteiger charge is -2.31. The van der Waals surface area contributed by atoms with Crippen molar-refractivity contribution >= 4 is 5.91 Å². The predicted molar refractivity (Wildman–Crippen MR) is 73.6 cm³/mol. The van der Waals surface area contributed by atoms with Crippen molar-refractivity contribution < 1.29 is 14.1 Å². The zero-order valence-electron chi connectivity index (χ0n) is 12.1. The van der Waals surface area contributed by atoms with Gasteiger partial charge in [-0.2, -0.15) is 5.10 Å². The number of aryl methyl sites for hydroxylation is 2. The summed E-state index contributed by atoms with van der Waals surface area (Å²) >= 11 is 0. The van der Waals surface area contributed by atoms with Crippen LogP contribution in [-0.2, 0) is 11.8 Å². The molecule has 0 aliphatic carbocycles. The van der Waals surface area contributed by atoms with Crippen molar-refractivity contribution in [3.05, 3.63) is 35.5 Å². The Bertz CT molecular complexity index is 634. The molecule has 0 radical (unpaired) electrons. The van der Waals surface area contributed by atoms with Gasteiger partial charge in [-0.25, -0.2) is 0 Å². The van der Waals surface area contributed by atoms with E-state index in [9.17, 15) is 4.79 Å². The molecule has 2 aromatic heterocycles. The van der Waals surface area contributed by atoms with E-state index < -0.39 is 0 Å². The maximum Gasteiger partial charge on any atom is 0.273 e. The van der Waals surface area contributed by atoms with Crippen molar-refractivity contribution in [2.75, 3.05) is 6.61 Å². The number of carbonyl (C=O) groups is 1. The largest absolute Gasteiger partial charge is 0.371 e. The van der Waals surface area contributed by atoms with Crippen LogP contribution in [0.3, 0.4) is 0 Å². The van der Waals surface area contributed by atoms with Crippen LogP contribution in [0.2, 0.25) is 0 Å². The molecular weight excluding hydrogens is 272 g/mol. The van der Waals surface area contributed by atoms with Crippen LogP contribution in [0, 0.1) is 6.92 Å². The summed E-state index contributed by atoms with van der Waals surface area (Å²) in [7, 11) is 1.86. The van der Waals surface area contributed by atoms with E-state index in [1.165, 1.54) is 0 Å². The Hall–Kier alpha value is -2.15. The van der Waals surface area contributed by atoms with Crippen LogP contribution in [0.15, 0.2) is 23.0 Å². The van der Waals surface area contributed by atoms with Gasteiger partial charge in [0.15, 0.2) is 5.69 Å². The number of rotatable bonds is 3. The van der Waals surface area contributed by atoms with Gasteiger partial charge in [-0.15, -0.1) is 0 Å². The molecule has 1 amide bonds. The lowest BCUT2D eigenvalue weighted by molar-refractivity contribution is -0.00958. The minimum atomic E-state index is -0.240. The lowest BCUT2D eigenvalue weighted by Crippen LogP contribution is -2.42. The van der Waals surface area contributed by atoms with E-state index in [0.717, 1.165) is 18.4 Å². The first-order valence-electron chi connectivity index (χ1n) is 6.98. The average Bonchev–Trinajstić information content (AvgIpc) is 3.08. The van der Waals surface area contributed by atoms with Crippen LogP contribution < -0.4 is 5.32 Å². The number of hydrogen-bond acceptors (Lipinski definition) is 5. The maximum absolute atomic E-state index is 12.2. The van der Waals surface area contributed by atoms with Crippen LogP contribution in [-0.4, -0.2) is 33.5 Å². The minimum absolute atomic E-state index is 0.0903. The van der Waals surface area contributed by atoms with E-state index in [-0.39, 0.29) is 18.1 Å². The van der Waals surface area contributed by atoms with Gasteiger partial charge >= 0.3 is 0 Å². The molecule has 0 bridgehead atoms. The number of aromatic nitrogens is 3. The molecule has 1 aliphatic rings. The Morgan fingerprint density at radius 2 is 2.38 bits per heavy atom. The highest BCUT2D eigenvalue weighted by Crippen LogP contribution is 2.28. The van der Waals surface area contributed by atoms with Crippen LogP contribution in [0.25, 0.3) is 0 Å². The van der Waals surface area contributed by atoms with Crippen molar-refractivity contribution in [2.24, 2.45) is 7.05 Å². The molecule has 2 aromatic rings. The van der Waals surface area contributed by atoms with Crippen molar-refractivity contribution in [3.63, 3.8) is 0 Å². The van der Waals surface area contributed by atoms with Gasteiger partial charge in [0.25, 0.3) is 5.91 Å². The Morgan fingerprint density at radius 1 is 1.52 bits per heavy atom. The van der Waals surface area contributed by atoms with Crippen LogP contribution in [0.4, 0.5) is 0 Å². The fraction of sp³-hybridized carbons (Fsp3) is 0.500. The quantitative estimate of drug-likeness (QED) is 0.923. The molecule has 3 rings (SSSR count). The second-order valence-electron chi connectivity index (χ2n) is 5.28. The predicted octanol–water partition coefficient (Wildman–Crippen LogP) is 1.37. The Kier molecular flexibility index (Phi) is 3.74. The summed E-state index contributed by atoms with van der Waals surface area (Å²) in [4.78, 5) is 12.2. The summed E-state index contributed by atoms with van der Waals surface area (Å²) in [5, 5.41) is 10.9. The second kappa shape index (κ2) is 5.69. The number of nitrogens with zero attached hydrogens (tertiary/aromatic N) is 3. The smallest absolute Gasteiger partial charge is 0.273 e. The summed E-state index contributed by atoms with van der Waals surface area (Å²) in [6, 6.07) is 1.53. The Balaban J connectivity index is 1.74. The summed E-state index contributed by atoms with van der Waals surface area (Å²) in [6.07, 6.45) is 5.29. The molecule has 3 heterocycles. The molecule has 7 heteroatoms. The van der Waals surface area contributed by atoms with Crippen molar-refractivity contribution in [1.82, 2.24) is 20.3 Å². The van der Waals surface area contributed by atoms with Gasteiger partial charge in [0, 0.05) is 31.5 Å². The normalized spacial score (nSPS) is 22.2. The fourth-order valence-electron chi connectivity index (χ4n) is 2.56. The summed E-state index contributed by atoms with van der Waals surface area (Å²) in [5.74, 6) is 0.375. The Labute approximate surface area is 122 Å². The zero-order valence-corrected chi connectivity index (χ0v) is 12.1. The van der Waals surface area contributed by atoms with Gasteiger partial charge in [-0.1, -0.05) is 5.16 Å². The summed E-state index contributed by atoms with van der Waals surface area (Å²) in [6.45, 7) is 2.45. The fourth-order valence-corrected chi connectivity index (χ4v) is 2.56. The molecule has 7 nitrogen and oxygen atoms in total. The van der Waals surface area contributed by atoms with E-state index in [2.05, 4.69) is 15.6 Å². The van der Waals surface area contributed by atoms with E-state index in [1.807, 2.05) is 13.2 Å². The molecule has 0 spiro atoms. The average molecular weight is 290 g/mol. The molecule has 1 aliphatic heterocycles. The lowest BCUT2D eigenvalue weighted by atomic mass is 9.98. The molecule has 2 atom stereocenters. The molecule has 0 unspecified atom stereocenters. The van der Waals surface area contributed by atoms with E-state index in [1.54, 1.807) is 23.9 Å². The van der Waals surface area contributed by atoms with Crippen molar-refractivity contribution in [2.45, 2.75) is 31.9 Å².